The largest absolute Gasteiger partial charge is 0.352 e. The van der Waals surface area contributed by atoms with Crippen molar-refractivity contribution in [2.75, 3.05) is 24.5 Å². The van der Waals surface area contributed by atoms with Crippen LogP contribution < -0.4 is 15.8 Å². The van der Waals surface area contributed by atoms with Crippen molar-refractivity contribution in [3.8, 4) is 0 Å². The molecule has 2 aliphatic rings. The molecule has 0 radical (unpaired) electrons. The first-order valence-electron chi connectivity index (χ1n) is 10.0. The summed E-state index contributed by atoms with van der Waals surface area (Å²) in [6.07, 6.45) is 8.18. The molecule has 4 rings (SSSR count). The minimum atomic E-state index is -0.179. The smallest absolute Gasteiger partial charge is 0.290 e. The molecule has 0 bridgehead atoms. The topological polar surface area (TPSA) is 61.0 Å². The van der Waals surface area contributed by atoms with E-state index in [1.807, 2.05) is 12.1 Å². The summed E-state index contributed by atoms with van der Waals surface area (Å²) in [6, 6.07) is 7.32. The Morgan fingerprint density at radius 3 is 2.74 bits per heavy atom. The van der Waals surface area contributed by atoms with Crippen LogP contribution in [0.1, 0.15) is 49.3 Å². The molecule has 1 aromatic carbocycles. The second-order valence-corrected chi connectivity index (χ2v) is 7.65. The summed E-state index contributed by atoms with van der Waals surface area (Å²) in [5.41, 5.74) is 2.07. The van der Waals surface area contributed by atoms with Gasteiger partial charge in [0.15, 0.2) is 5.82 Å². The van der Waals surface area contributed by atoms with Crippen LogP contribution in [-0.4, -0.2) is 35.6 Å². The molecule has 0 amide bonds. The summed E-state index contributed by atoms with van der Waals surface area (Å²) in [5, 5.41) is 3.58. The van der Waals surface area contributed by atoms with Gasteiger partial charge in [-0.15, -0.1) is 0 Å². The van der Waals surface area contributed by atoms with Crippen molar-refractivity contribution < 1.29 is 4.39 Å². The molecule has 1 saturated carbocycles. The van der Waals surface area contributed by atoms with Crippen LogP contribution in [0.4, 0.5) is 10.2 Å². The first kappa shape index (κ1) is 18.2. The SMILES string of the molecule is O=c1[nH]cc(CCCN[C@@H]2C[C@H]2c2ccc(F)cc2)nc1N1CCCCC1. The van der Waals surface area contributed by atoms with Gasteiger partial charge in [-0.3, -0.25) is 4.79 Å². The van der Waals surface area contributed by atoms with Crippen LogP contribution in [0.15, 0.2) is 35.3 Å². The number of H-pyrrole nitrogens is 1. The lowest BCUT2D eigenvalue weighted by Gasteiger charge is -2.27. The molecule has 1 aliphatic heterocycles. The first-order valence-corrected chi connectivity index (χ1v) is 10.0. The lowest BCUT2D eigenvalue weighted by atomic mass is 10.1. The average Bonchev–Trinajstić information content (AvgIpc) is 3.47. The predicted octanol–water partition coefficient (Wildman–Crippen LogP) is 2.98. The molecule has 2 fully saturated rings. The monoisotopic (exact) mass is 370 g/mol. The number of aryl methyl sites for hydroxylation is 1. The second-order valence-electron chi connectivity index (χ2n) is 7.65. The highest BCUT2D eigenvalue weighted by Crippen LogP contribution is 2.40. The zero-order valence-corrected chi connectivity index (χ0v) is 15.6. The third-order valence-electron chi connectivity index (χ3n) is 5.58. The van der Waals surface area contributed by atoms with E-state index >= 15 is 0 Å². The van der Waals surface area contributed by atoms with Crippen LogP contribution >= 0.6 is 0 Å². The number of hydrogen-bond acceptors (Lipinski definition) is 4. The molecule has 5 nitrogen and oxygen atoms in total. The van der Waals surface area contributed by atoms with Crippen LogP contribution in [0.2, 0.25) is 0 Å². The number of rotatable bonds is 7. The van der Waals surface area contributed by atoms with Gasteiger partial charge in [0.2, 0.25) is 0 Å². The minimum absolute atomic E-state index is 0.0844. The number of hydrogen-bond donors (Lipinski definition) is 2. The van der Waals surface area contributed by atoms with Crippen molar-refractivity contribution in [3.05, 3.63) is 57.9 Å². The van der Waals surface area contributed by atoms with Gasteiger partial charge >= 0.3 is 0 Å². The third kappa shape index (κ3) is 4.56. The van der Waals surface area contributed by atoms with Crippen LogP contribution in [0.3, 0.4) is 0 Å². The summed E-state index contributed by atoms with van der Waals surface area (Å²) in [5.74, 6) is 0.905. The van der Waals surface area contributed by atoms with Crippen molar-refractivity contribution in [1.29, 1.82) is 0 Å². The fourth-order valence-electron chi connectivity index (χ4n) is 3.94. The lowest BCUT2D eigenvalue weighted by molar-refractivity contribution is 0.569. The molecular formula is C21H27FN4O. The van der Waals surface area contributed by atoms with Crippen molar-refractivity contribution in [2.24, 2.45) is 0 Å². The number of aromatic nitrogens is 2. The van der Waals surface area contributed by atoms with E-state index in [0.29, 0.717) is 17.8 Å². The van der Waals surface area contributed by atoms with E-state index < -0.39 is 0 Å². The van der Waals surface area contributed by atoms with E-state index in [0.717, 1.165) is 57.4 Å². The summed E-state index contributed by atoms with van der Waals surface area (Å²) in [7, 11) is 0. The highest BCUT2D eigenvalue weighted by Gasteiger charge is 2.37. The molecular weight excluding hydrogens is 343 g/mol. The van der Waals surface area contributed by atoms with E-state index in [9.17, 15) is 9.18 Å². The summed E-state index contributed by atoms with van der Waals surface area (Å²) in [4.78, 5) is 21.7. The molecule has 27 heavy (non-hydrogen) atoms. The maximum Gasteiger partial charge on any atom is 0.290 e. The maximum atomic E-state index is 13.0. The zero-order chi connectivity index (χ0) is 18.6. The highest BCUT2D eigenvalue weighted by atomic mass is 19.1. The molecule has 1 aromatic heterocycles. The van der Waals surface area contributed by atoms with Gasteiger partial charge in [0.25, 0.3) is 5.56 Å². The van der Waals surface area contributed by atoms with E-state index in [1.54, 1.807) is 6.20 Å². The highest BCUT2D eigenvalue weighted by molar-refractivity contribution is 5.36. The standard InChI is InChI=1S/C21H27FN4O/c22-16-8-6-15(7-9-16)18-13-19(18)23-10-4-5-17-14-24-21(27)20(25-17)26-11-2-1-3-12-26/h6-9,14,18-19,23H,1-5,10-13H2,(H,24,27)/t18-,19+/m0/s1. The van der Waals surface area contributed by atoms with Gasteiger partial charge in [0, 0.05) is 31.2 Å². The van der Waals surface area contributed by atoms with Crippen LogP contribution in [0, 0.1) is 5.82 Å². The average molecular weight is 370 g/mol. The lowest BCUT2D eigenvalue weighted by Crippen LogP contribution is -2.35. The molecule has 1 aliphatic carbocycles. The predicted molar refractivity (Wildman–Crippen MR) is 105 cm³/mol. The van der Waals surface area contributed by atoms with Crippen LogP contribution in [0.25, 0.3) is 0 Å². The number of aromatic amines is 1. The van der Waals surface area contributed by atoms with Crippen molar-refractivity contribution in [2.45, 2.75) is 50.5 Å². The van der Waals surface area contributed by atoms with E-state index in [4.69, 9.17) is 0 Å². The van der Waals surface area contributed by atoms with Crippen LogP contribution in [0.5, 0.6) is 0 Å². The summed E-state index contributed by atoms with van der Waals surface area (Å²) < 4.78 is 13.0. The maximum absolute atomic E-state index is 13.0. The van der Waals surface area contributed by atoms with Crippen molar-refractivity contribution in [1.82, 2.24) is 15.3 Å². The molecule has 2 heterocycles. The van der Waals surface area contributed by atoms with Crippen molar-refractivity contribution in [3.63, 3.8) is 0 Å². The Labute approximate surface area is 159 Å². The van der Waals surface area contributed by atoms with Gasteiger partial charge < -0.3 is 15.2 Å². The van der Waals surface area contributed by atoms with E-state index in [-0.39, 0.29) is 11.4 Å². The number of nitrogens with one attached hydrogen (secondary N) is 2. The molecule has 2 aromatic rings. The third-order valence-corrected chi connectivity index (χ3v) is 5.58. The molecule has 144 valence electrons. The number of nitrogens with zero attached hydrogens (tertiary/aromatic N) is 2. The Morgan fingerprint density at radius 2 is 1.96 bits per heavy atom. The molecule has 6 heteroatoms. The Bertz CT molecular complexity index is 814. The Balaban J connectivity index is 1.24. The molecule has 2 N–H and O–H groups in total. The fourth-order valence-corrected chi connectivity index (χ4v) is 3.94. The normalized spacial score (nSPS) is 22.0. The Hall–Kier alpha value is -2.21. The number of halogens is 1. The molecule has 2 atom stereocenters. The molecule has 1 saturated heterocycles. The number of anilines is 1. The number of piperidine rings is 1. The van der Waals surface area contributed by atoms with Crippen molar-refractivity contribution >= 4 is 5.82 Å². The second kappa shape index (κ2) is 8.21. The number of benzene rings is 1. The Morgan fingerprint density at radius 1 is 1.19 bits per heavy atom. The zero-order valence-electron chi connectivity index (χ0n) is 15.6. The van der Waals surface area contributed by atoms with Gasteiger partial charge in [0.1, 0.15) is 5.82 Å². The quantitative estimate of drug-likeness (QED) is 0.736. The van der Waals surface area contributed by atoms with E-state index in [1.165, 1.54) is 24.1 Å². The molecule has 0 spiro atoms. The summed E-state index contributed by atoms with van der Waals surface area (Å²) in [6.45, 7) is 2.77. The van der Waals surface area contributed by atoms with Gasteiger partial charge in [0.05, 0.1) is 5.69 Å². The van der Waals surface area contributed by atoms with Gasteiger partial charge in [-0.25, -0.2) is 9.37 Å². The first-order chi connectivity index (χ1) is 13.2. The summed E-state index contributed by atoms with van der Waals surface area (Å²) >= 11 is 0. The molecule has 0 unspecified atom stereocenters. The van der Waals surface area contributed by atoms with Gasteiger partial charge in [-0.1, -0.05) is 12.1 Å². The fraction of sp³-hybridized carbons (Fsp3) is 0.524. The minimum Gasteiger partial charge on any atom is -0.352 e. The van der Waals surface area contributed by atoms with Gasteiger partial charge in [-0.05, 0) is 62.8 Å². The van der Waals surface area contributed by atoms with Gasteiger partial charge in [-0.2, -0.15) is 0 Å². The van der Waals surface area contributed by atoms with Crippen LogP contribution in [-0.2, 0) is 6.42 Å². The van der Waals surface area contributed by atoms with E-state index in [2.05, 4.69) is 20.2 Å². The Kier molecular flexibility index (Phi) is 5.53.